The molecule has 146 valence electrons. The van der Waals surface area contributed by atoms with Crippen molar-refractivity contribution in [2.45, 2.75) is 6.42 Å². The van der Waals surface area contributed by atoms with Gasteiger partial charge in [0.05, 0.1) is 22.8 Å². The molecule has 0 bridgehead atoms. The van der Waals surface area contributed by atoms with Crippen LogP contribution in [-0.2, 0) is 21.5 Å². The second kappa shape index (κ2) is 8.02. The van der Waals surface area contributed by atoms with Crippen molar-refractivity contribution in [3.05, 3.63) is 82.6 Å². The standard InChI is InChI=1S/C20H15ClN4O3S/c21-14-6-7-15-17(19(14)29(27)28)16(12-4-2-1-3-5-12)18(25-15)20(26)23-9-8-13-10-22-11-24-13/h1-7,10-11H,8-9H2,(H,22,24)(H,23,26). The molecule has 2 N–H and O–H groups in total. The predicted octanol–water partition coefficient (Wildman–Crippen LogP) is 2.05. The molecule has 0 unspecified atom stereocenters. The molecule has 4 rings (SSSR count). The minimum atomic E-state index is -2.59. The van der Waals surface area contributed by atoms with Crippen molar-refractivity contribution in [2.75, 3.05) is 6.54 Å². The Hall–Kier alpha value is -3.23. The molecule has 1 aliphatic carbocycles. The number of carbonyl (C=O) groups excluding carboxylic acids is 1. The first-order valence-electron chi connectivity index (χ1n) is 8.75. The highest BCUT2D eigenvalue weighted by atomic mass is 35.5. The van der Waals surface area contributed by atoms with Gasteiger partial charge in [0.15, 0.2) is 0 Å². The van der Waals surface area contributed by atoms with Gasteiger partial charge >= 0.3 is 0 Å². The van der Waals surface area contributed by atoms with Crippen molar-refractivity contribution in [3.63, 3.8) is 0 Å². The third-order valence-electron chi connectivity index (χ3n) is 4.47. The van der Waals surface area contributed by atoms with Crippen LogP contribution in [0.3, 0.4) is 0 Å². The smallest absolute Gasteiger partial charge is 0.270 e. The minimum absolute atomic E-state index is 0.0638. The summed E-state index contributed by atoms with van der Waals surface area (Å²) in [5.41, 5.74) is 2.84. The zero-order valence-electron chi connectivity index (χ0n) is 15.0. The highest BCUT2D eigenvalue weighted by molar-refractivity contribution is 7.74. The number of nitrogens with one attached hydrogen (secondary N) is 2. The summed E-state index contributed by atoms with van der Waals surface area (Å²) in [7, 11) is -2.59. The Morgan fingerprint density at radius 3 is 2.62 bits per heavy atom. The molecule has 7 nitrogen and oxygen atoms in total. The molecule has 0 spiro atoms. The lowest BCUT2D eigenvalue weighted by Gasteiger charge is -2.13. The van der Waals surface area contributed by atoms with E-state index in [1.807, 2.05) is 18.2 Å². The maximum atomic E-state index is 12.9. The first-order chi connectivity index (χ1) is 14.1. The third kappa shape index (κ3) is 3.72. The van der Waals surface area contributed by atoms with Crippen molar-refractivity contribution < 1.29 is 13.2 Å². The molecule has 0 fully saturated rings. The van der Waals surface area contributed by atoms with Crippen molar-refractivity contribution in [1.82, 2.24) is 15.3 Å². The molecule has 29 heavy (non-hydrogen) atoms. The predicted molar refractivity (Wildman–Crippen MR) is 112 cm³/mol. The average molecular weight is 427 g/mol. The van der Waals surface area contributed by atoms with Crippen molar-refractivity contribution in [2.24, 2.45) is 4.99 Å². The second-order valence-corrected chi connectivity index (χ2v) is 7.56. The zero-order chi connectivity index (χ0) is 20.4. The van der Waals surface area contributed by atoms with Gasteiger partial charge in [-0.3, -0.25) is 4.79 Å². The van der Waals surface area contributed by atoms with Crippen LogP contribution < -0.4 is 5.32 Å². The molecule has 0 radical (unpaired) electrons. The van der Waals surface area contributed by atoms with Gasteiger partial charge in [-0.2, -0.15) is 8.42 Å². The quantitative estimate of drug-likeness (QED) is 0.714. The van der Waals surface area contributed by atoms with Gasteiger partial charge in [0.25, 0.3) is 5.91 Å². The van der Waals surface area contributed by atoms with E-state index in [1.54, 1.807) is 30.7 Å². The first kappa shape index (κ1) is 19.1. The summed E-state index contributed by atoms with van der Waals surface area (Å²) in [4.78, 5) is 24.3. The molecule has 1 aliphatic heterocycles. The molecule has 9 heteroatoms. The zero-order valence-corrected chi connectivity index (χ0v) is 16.6. The fraction of sp³-hybridized carbons (Fsp3) is 0.100. The van der Waals surface area contributed by atoms with E-state index in [4.69, 9.17) is 11.6 Å². The number of amides is 1. The van der Waals surface area contributed by atoms with E-state index in [2.05, 4.69) is 20.3 Å². The lowest BCUT2D eigenvalue weighted by Crippen LogP contribution is -2.32. The Bertz CT molecular complexity index is 1230. The number of hydrogen-bond donors (Lipinski definition) is 2. The van der Waals surface area contributed by atoms with Crippen LogP contribution in [0.1, 0.15) is 11.3 Å². The van der Waals surface area contributed by atoms with Crippen LogP contribution in [0.25, 0.3) is 5.57 Å². The van der Waals surface area contributed by atoms with Crippen LogP contribution >= 0.6 is 11.6 Å². The molecule has 1 aromatic heterocycles. The molecule has 1 aromatic carbocycles. The number of carbonyl (C=O) groups is 1. The number of benzene rings is 1. The van der Waals surface area contributed by atoms with E-state index >= 15 is 0 Å². The number of rotatable bonds is 5. The van der Waals surface area contributed by atoms with Crippen molar-refractivity contribution in [3.8, 4) is 0 Å². The van der Waals surface area contributed by atoms with E-state index in [9.17, 15) is 13.2 Å². The molecule has 0 saturated carbocycles. The van der Waals surface area contributed by atoms with Crippen molar-refractivity contribution in [1.29, 1.82) is 0 Å². The second-order valence-electron chi connectivity index (χ2n) is 6.27. The van der Waals surface area contributed by atoms with Gasteiger partial charge in [0.2, 0.25) is 10.3 Å². The van der Waals surface area contributed by atoms with E-state index < -0.39 is 16.2 Å². The molecule has 2 heterocycles. The van der Waals surface area contributed by atoms with Crippen LogP contribution in [0, 0.1) is 0 Å². The van der Waals surface area contributed by atoms with Gasteiger partial charge in [-0.25, -0.2) is 9.98 Å². The highest BCUT2D eigenvalue weighted by Crippen LogP contribution is 2.37. The number of hydrogen-bond acceptors (Lipinski definition) is 5. The summed E-state index contributed by atoms with van der Waals surface area (Å²) in [5, 5.41) is 2.91. The number of H-pyrrole nitrogens is 1. The Morgan fingerprint density at radius 2 is 1.93 bits per heavy atom. The van der Waals surface area contributed by atoms with E-state index in [0.29, 0.717) is 35.4 Å². The number of allylic oxidation sites excluding steroid dienone is 4. The molecule has 0 atom stereocenters. The van der Waals surface area contributed by atoms with E-state index in [1.165, 1.54) is 6.08 Å². The summed E-state index contributed by atoms with van der Waals surface area (Å²) < 4.78 is 23.8. The molecule has 2 aliphatic rings. The Balaban J connectivity index is 1.73. The van der Waals surface area contributed by atoms with Gasteiger partial charge in [-0.1, -0.05) is 41.9 Å². The van der Waals surface area contributed by atoms with E-state index in [-0.39, 0.29) is 15.6 Å². The number of fused-ring (bicyclic) bond motifs is 1. The van der Waals surface area contributed by atoms with Gasteiger partial charge in [0.1, 0.15) is 10.6 Å². The SMILES string of the molecule is O=C(NCCc1c[nH]cn1)C1=NC2=CC=C(Cl)C(=S(=O)=O)C2=C1c1ccccc1. The van der Waals surface area contributed by atoms with Crippen molar-refractivity contribution >= 4 is 44.0 Å². The molecule has 2 aromatic rings. The topological polar surface area (TPSA) is 104 Å². The van der Waals surface area contributed by atoms with Crippen LogP contribution in [-0.4, -0.2) is 41.4 Å². The maximum absolute atomic E-state index is 12.9. The summed E-state index contributed by atoms with van der Waals surface area (Å²) in [6.07, 6.45) is 6.97. The Labute approximate surface area is 173 Å². The van der Waals surface area contributed by atoms with Gasteiger partial charge in [-0.15, -0.1) is 0 Å². The maximum Gasteiger partial charge on any atom is 0.270 e. The molecule has 1 amide bonds. The van der Waals surface area contributed by atoms with Crippen LogP contribution in [0.4, 0.5) is 0 Å². The number of nitrogens with zero attached hydrogens (tertiary/aromatic N) is 2. The lowest BCUT2D eigenvalue weighted by atomic mass is 9.92. The fourth-order valence-corrected chi connectivity index (χ4v) is 4.15. The first-order valence-corrected chi connectivity index (χ1v) is 10.2. The average Bonchev–Trinajstić information content (AvgIpc) is 3.36. The van der Waals surface area contributed by atoms with Gasteiger partial charge in [-0.05, 0) is 17.7 Å². The monoisotopic (exact) mass is 426 g/mol. The summed E-state index contributed by atoms with van der Waals surface area (Å²) in [6.45, 7) is 0.363. The van der Waals surface area contributed by atoms with Crippen LogP contribution in [0.2, 0.25) is 0 Å². The number of aromatic nitrogens is 2. The Morgan fingerprint density at radius 1 is 1.14 bits per heavy atom. The summed E-state index contributed by atoms with van der Waals surface area (Å²) in [6, 6.07) is 9.06. The normalized spacial score (nSPS) is 15.5. The van der Waals surface area contributed by atoms with E-state index in [0.717, 1.165) is 5.69 Å². The molecule has 0 saturated heterocycles. The fourth-order valence-electron chi connectivity index (χ4n) is 3.20. The molecular formula is C20H15ClN4O3S. The lowest BCUT2D eigenvalue weighted by molar-refractivity contribution is -0.114. The number of imidazole rings is 1. The Kier molecular flexibility index (Phi) is 5.28. The number of halogens is 1. The minimum Gasteiger partial charge on any atom is -0.351 e. The number of aliphatic imine (C=N–C) groups is 1. The summed E-state index contributed by atoms with van der Waals surface area (Å²) >= 11 is 6.16. The van der Waals surface area contributed by atoms with Gasteiger partial charge < -0.3 is 10.3 Å². The number of aromatic amines is 1. The van der Waals surface area contributed by atoms with Crippen LogP contribution in [0.15, 0.2) is 76.3 Å². The van der Waals surface area contributed by atoms with Crippen LogP contribution in [0.5, 0.6) is 0 Å². The summed E-state index contributed by atoms with van der Waals surface area (Å²) in [5.74, 6) is -0.394. The molecular weight excluding hydrogens is 412 g/mol. The largest absolute Gasteiger partial charge is 0.351 e. The highest BCUT2D eigenvalue weighted by Gasteiger charge is 2.34. The van der Waals surface area contributed by atoms with Gasteiger partial charge in [0, 0.05) is 30.3 Å². The third-order valence-corrected chi connectivity index (χ3v) is 5.66.